The number of ether oxygens (including phenoxy) is 1. The van der Waals surface area contributed by atoms with Crippen LogP contribution in [0.3, 0.4) is 0 Å². The smallest absolute Gasteiger partial charge is 0.283 e. The third-order valence-corrected chi connectivity index (χ3v) is 4.96. The molecule has 1 aromatic heterocycles. The molecule has 2 heterocycles. The third-order valence-electron chi connectivity index (χ3n) is 4.74. The van der Waals surface area contributed by atoms with Crippen molar-refractivity contribution in [1.29, 1.82) is 0 Å². The van der Waals surface area contributed by atoms with E-state index in [0.29, 0.717) is 17.1 Å². The maximum Gasteiger partial charge on any atom is 0.283 e. The van der Waals surface area contributed by atoms with Gasteiger partial charge in [0.05, 0.1) is 5.02 Å². The van der Waals surface area contributed by atoms with Crippen LogP contribution in [0, 0.1) is 5.92 Å². The molecule has 4 rings (SSSR count). The van der Waals surface area contributed by atoms with Crippen molar-refractivity contribution in [3.63, 3.8) is 0 Å². The van der Waals surface area contributed by atoms with Crippen LogP contribution in [-0.4, -0.2) is 29.4 Å². The topological polar surface area (TPSA) is 89.6 Å². The molecule has 2 aliphatic rings. The molecule has 1 amide bonds. The maximum absolute atomic E-state index is 14.1. The Labute approximate surface area is 158 Å². The Morgan fingerprint density at radius 2 is 2.19 bits per heavy atom. The monoisotopic (exact) mass is 392 g/mol. The fraction of sp³-hybridized carbons (Fsp3) is 0.278. The summed E-state index contributed by atoms with van der Waals surface area (Å²) < 4.78 is 33.4. The molecule has 0 bridgehead atoms. The standard InChI is InChI=1S/C18H15ClF2N4O2/c19-10-4-5-13(23-8-10)15(26)24-11-3-1-2-9(6-11)18(16(20)21)12-7-14(12)27-17(22)25-18/h1-6,8,12,14,16H,7H2,(H2,22,25)(H,24,26)/t12-,14?,18+/m1/s1. The number of nitrogens with zero attached hydrogens (tertiary/aromatic N) is 2. The number of fused-ring (bicyclic) bond motifs is 1. The number of nitrogens with two attached hydrogens (primary N) is 1. The number of amides is 1. The summed E-state index contributed by atoms with van der Waals surface area (Å²) in [5, 5.41) is 3.06. The highest BCUT2D eigenvalue weighted by Gasteiger charge is 2.63. The molecule has 1 aliphatic carbocycles. The predicted octanol–water partition coefficient (Wildman–Crippen LogP) is 3.18. The van der Waals surface area contributed by atoms with E-state index in [1.165, 1.54) is 18.3 Å². The minimum Gasteiger partial charge on any atom is -0.462 e. The van der Waals surface area contributed by atoms with E-state index in [1.54, 1.807) is 24.3 Å². The Kier molecular flexibility index (Phi) is 4.22. The first kappa shape index (κ1) is 17.7. The Hall–Kier alpha value is -2.74. The zero-order chi connectivity index (χ0) is 19.2. The van der Waals surface area contributed by atoms with Crippen LogP contribution in [0.2, 0.25) is 5.02 Å². The molecular weight excluding hydrogens is 378 g/mol. The Balaban J connectivity index is 1.65. The van der Waals surface area contributed by atoms with Crippen molar-refractivity contribution in [2.24, 2.45) is 16.6 Å². The summed E-state index contributed by atoms with van der Waals surface area (Å²) >= 11 is 5.76. The molecule has 2 aromatic rings. The fourth-order valence-electron chi connectivity index (χ4n) is 3.38. The summed E-state index contributed by atoms with van der Waals surface area (Å²) in [5.41, 5.74) is 4.63. The summed E-state index contributed by atoms with van der Waals surface area (Å²) in [7, 11) is 0. The highest BCUT2D eigenvalue weighted by molar-refractivity contribution is 6.30. The second kappa shape index (κ2) is 6.45. The van der Waals surface area contributed by atoms with E-state index in [2.05, 4.69) is 15.3 Å². The normalized spacial score (nSPS) is 26.0. The van der Waals surface area contributed by atoms with Crippen molar-refractivity contribution in [3.8, 4) is 0 Å². The average Bonchev–Trinajstić information content (AvgIpc) is 3.41. The largest absolute Gasteiger partial charge is 0.462 e. The zero-order valence-electron chi connectivity index (χ0n) is 13.9. The van der Waals surface area contributed by atoms with Crippen molar-refractivity contribution in [1.82, 2.24) is 4.98 Å². The number of aromatic nitrogens is 1. The van der Waals surface area contributed by atoms with Crippen LogP contribution in [0.25, 0.3) is 0 Å². The highest BCUT2D eigenvalue weighted by Crippen LogP contribution is 2.55. The van der Waals surface area contributed by atoms with Crippen LogP contribution in [0.1, 0.15) is 22.5 Å². The predicted molar refractivity (Wildman–Crippen MR) is 95.9 cm³/mol. The van der Waals surface area contributed by atoms with Crippen molar-refractivity contribution in [3.05, 3.63) is 58.9 Å². The number of benzene rings is 1. The number of carbonyl (C=O) groups is 1. The first-order valence-corrected chi connectivity index (χ1v) is 8.61. The lowest BCUT2D eigenvalue weighted by Crippen LogP contribution is -2.42. The number of carbonyl (C=O) groups excluding carboxylic acids is 1. The van der Waals surface area contributed by atoms with E-state index in [1.807, 2.05) is 0 Å². The second-order valence-corrected chi connectivity index (χ2v) is 6.91. The molecule has 27 heavy (non-hydrogen) atoms. The van der Waals surface area contributed by atoms with E-state index in [0.717, 1.165) is 0 Å². The van der Waals surface area contributed by atoms with Gasteiger partial charge in [0.15, 0.2) is 5.54 Å². The summed E-state index contributed by atoms with van der Waals surface area (Å²) in [6.45, 7) is 0. The first-order valence-electron chi connectivity index (χ1n) is 8.23. The third kappa shape index (κ3) is 3.10. The van der Waals surface area contributed by atoms with E-state index in [9.17, 15) is 13.6 Å². The quantitative estimate of drug-likeness (QED) is 0.836. The lowest BCUT2D eigenvalue weighted by molar-refractivity contribution is 0.0197. The summed E-state index contributed by atoms with van der Waals surface area (Å²) in [4.78, 5) is 20.2. The van der Waals surface area contributed by atoms with Crippen LogP contribution < -0.4 is 11.1 Å². The van der Waals surface area contributed by atoms with Gasteiger partial charge < -0.3 is 15.8 Å². The van der Waals surface area contributed by atoms with Crippen molar-refractivity contribution < 1.29 is 18.3 Å². The van der Waals surface area contributed by atoms with Gasteiger partial charge in [0, 0.05) is 17.8 Å². The molecule has 140 valence electrons. The van der Waals surface area contributed by atoms with E-state index >= 15 is 0 Å². The van der Waals surface area contributed by atoms with Gasteiger partial charge in [-0.15, -0.1) is 0 Å². The average molecular weight is 393 g/mol. The van der Waals surface area contributed by atoms with Gasteiger partial charge in [-0.3, -0.25) is 4.79 Å². The van der Waals surface area contributed by atoms with Gasteiger partial charge in [-0.1, -0.05) is 23.7 Å². The molecule has 3 N–H and O–H groups in total. The number of anilines is 1. The molecule has 6 nitrogen and oxygen atoms in total. The maximum atomic E-state index is 14.1. The molecule has 1 aromatic carbocycles. The van der Waals surface area contributed by atoms with Crippen molar-refractivity contribution >= 4 is 29.2 Å². The van der Waals surface area contributed by atoms with Crippen LogP contribution in [0.15, 0.2) is 47.6 Å². The number of alkyl halides is 2. The van der Waals surface area contributed by atoms with Gasteiger partial charge in [0.25, 0.3) is 18.4 Å². The number of halogens is 3. The molecule has 1 aliphatic heterocycles. The molecular formula is C18H15ClF2N4O2. The second-order valence-electron chi connectivity index (χ2n) is 6.47. The molecule has 3 atom stereocenters. The molecule has 0 saturated heterocycles. The van der Waals surface area contributed by atoms with Gasteiger partial charge >= 0.3 is 0 Å². The number of hydrogen-bond acceptors (Lipinski definition) is 5. The minimum atomic E-state index is -2.76. The summed E-state index contributed by atoms with van der Waals surface area (Å²) in [6, 6.07) is 9.00. The molecule has 0 spiro atoms. The number of rotatable bonds is 4. The van der Waals surface area contributed by atoms with Gasteiger partial charge in [-0.05, 0) is 36.2 Å². The number of amidine groups is 1. The number of pyridine rings is 1. The summed E-state index contributed by atoms with van der Waals surface area (Å²) in [5.74, 6) is -0.928. The molecule has 1 saturated carbocycles. The Morgan fingerprint density at radius 1 is 1.37 bits per heavy atom. The Bertz CT molecular complexity index is 922. The van der Waals surface area contributed by atoms with Crippen LogP contribution in [0.4, 0.5) is 14.5 Å². The van der Waals surface area contributed by atoms with Crippen LogP contribution in [0.5, 0.6) is 0 Å². The van der Waals surface area contributed by atoms with Gasteiger partial charge in [-0.2, -0.15) is 0 Å². The molecule has 9 heteroatoms. The lowest BCUT2D eigenvalue weighted by atomic mass is 9.85. The minimum absolute atomic E-state index is 0.156. The van der Waals surface area contributed by atoms with Crippen molar-refractivity contribution in [2.45, 2.75) is 24.5 Å². The van der Waals surface area contributed by atoms with Gasteiger partial charge in [0.1, 0.15) is 11.8 Å². The SMILES string of the molecule is NC1=N[C@](c2cccc(NC(=O)c3ccc(Cl)cn3)c2)(C(F)F)[C@@H]2CC2O1. The van der Waals surface area contributed by atoms with E-state index in [-0.39, 0.29) is 23.4 Å². The molecule has 1 unspecified atom stereocenters. The highest BCUT2D eigenvalue weighted by atomic mass is 35.5. The van der Waals surface area contributed by atoms with Gasteiger partial charge in [-0.25, -0.2) is 18.8 Å². The van der Waals surface area contributed by atoms with Crippen LogP contribution in [-0.2, 0) is 10.3 Å². The number of hydrogen-bond donors (Lipinski definition) is 2. The molecule has 0 radical (unpaired) electrons. The van der Waals surface area contributed by atoms with Crippen LogP contribution >= 0.6 is 11.6 Å². The zero-order valence-corrected chi connectivity index (χ0v) is 14.7. The van der Waals surface area contributed by atoms with E-state index < -0.39 is 23.8 Å². The Morgan fingerprint density at radius 3 is 2.89 bits per heavy atom. The van der Waals surface area contributed by atoms with Gasteiger partial charge in [0.2, 0.25) is 0 Å². The van der Waals surface area contributed by atoms with E-state index in [4.69, 9.17) is 22.1 Å². The first-order chi connectivity index (χ1) is 12.9. The number of nitrogens with one attached hydrogen (secondary N) is 1. The lowest BCUT2D eigenvalue weighted by Gasteiger charge is -2.33. The molecule has 1 fully saturated rings. The van der Waals surface area contributed by atoms with Crippen molar-refractivity contribution in [2.75, 3.05) is 5.32 Å². The number of aliphatic imine (C=N–C) groups is 1. The summed E-state index contributed by atoms with van der Waals surface area (Å²) in [6.07, 6.45) is -1.31. The fourth-order valence-corrected chi connectivity index (χ4v) is 3.49.